The molecular weight excluding hydrogens is 208 g/mol. The number of carbonyl (C=O) groups excluding carboxylic acids is 1. The molecule has 0 radical (unpaired) electrons. The van der Waals surface area contributed by atoms with Crippen LogP contribution in [-0.4, -0.2) is 36.5 Å². The number of rotatable bonds is 6. The summed E-state index contributed by atoms with van der Waals surface area (Å²) in [4.78, 5) is 11.0. The van der Waals surface area contributed by atoms with Crippen LogP contribution in [0.25, 0.3) is 0 Å². The molecule has 88 valence electrons. The van der Waals surface area contributed by atoms with Gasteiger partial charge in [0.1, 0.15) is 0 Å². The first-order valence-corrected chi connectivity index (χ1v) is 6.88. The predicted octanol–water partition coefficient (Wildman–Crippen LogP) is 1.39. The number of hydrogen-bond acceptors (Lipinski definition) is 3. The third-order valence-corrected chi connectivity index (χ3v) is 4.20. The van der Waals surface area contributed by atoms with Crippen LogP contribution < -0.4 is 10.6 Å². The number of carbonyl (C=O) groups is 1. The summed E-state index contributed by atoms with van der Waals surface area (Å²) < 4.78 is 0. The lowest BCUT2D eigenvalue weighted by molar-refractivity contribution is -0.120. The van der Waals surface area contributed by atoms with Crippen LogP contribution in [0.4, 0.5) is 0 Å². The Labute approximate surface area is 96.8 Å². The Hall–Kier alpha value is -0.220. The molecule has 1 rings (SSSR count). The van der Waals surface area contributed by atoms with Gasteiger partial charge in [-0.05, 0) is 18.6 Å². The second kappa shape index (κ2) is 7.12. The third-order valence-electron chi connectivity index (χ3n) is 2.87. The first kappa shape index (κ1) is 12.8. The van der Waals surface area contributed by atoms with Crippen molar-refractivity contribution in [3.05, 3.63) is 0 Å². The van der Waals surface area contributed by atoms with Gasteiger partial charge in [-0.1, -0.05) is 13.3 Å². The van der Waals surface area contributed by atoms with Gasteiger partial charge in [0, 0.05) is 31.3 Å². The van der Waals surface area contributed by atoms with Crippen LogP contribution in [-0.2, 0) is 4.79 Å². The second-order valence-electron chi connectivity index (χ2n) is 3.91. The number of hydrogen-bond donors (Lipinski definition) is 2. The third kappa shape index (κ3) is 4.43. The van der Waals surface area contributed by atoms with Crippen molar-refractivity contribution in [3.8, 4) is 0 Å². The highest BCUT2D eigenvalue weighted by Gasteiger charge is 2.26. The summed E-state index contributed by atoms with van der Waals surface area (Å²) in [6.45, 7) is 3.02. The van der Waals surface area contributed by atoms with Crippen molar-refractivity contribution < 1.29 is 4.79 Å². The van der Waals surface area contributed by atoms with Crippen molar-refractivity contribution in [3.63, 3.8) is 0 Å². The molecule has 1 amide bonds. The number of thioether (sulfide) groups is 1. The summed E-state index contributed by atoms with van der Waals surface area (Å²) in [5.41, 5.74) is 0. The molecule has 0 bridgehead atoms. The molecule has 0 unspecified atom stereocenters. The summed E-state index contributed by atoms with van der Waals surface area (Å²) in [6, 6.07) is 0.625. The fourth-order valence-corrected chi connectivity index (χ4v) is 3.30. The Bertz CT molecular complexity index is 199. The lowest BCUT2D eigenvalue weighted by Crippen LogP contribution is -2.36. The van der Waals surface area contributed by atoms with Crippen LogP contribution in [0.2, 0.25) is 0 Å². The molecule has 0 aromatic heterocycles. The topological polar surface area (TPSA) is 41.1 Å². The maximum absolute atomic E-state index is 11.0. The van der Waals surface area contributed by atoms with E-state index in [1.807, 2.05) is 11.8 Å². The van der Waals surface area contributed by atoms with E-state index < -0.39 is 0 Å². The zero-order valence-corrected chi connectivity index (χ0v) is 10.5. The standard InChI is InChI=1S/C11H22N2OS/c1-3-15-10-6-4-5-9(10)13-8-7-11(14)12-2/h9-10,13H,3-8H2,1-2H3,(H,12,14)/t9-,10-/m0/s1. The van der Waals surface area contributed by atoms with E-state index in [2.05, 4.69) is 17.6 Å². The molecule has 4 heteroatoms. The molecule has 1 saturated carbocycles. The van der Waals surface area contributed by atoms with Crippen LogP contribution in [0.3, 0.4) is 0 Å². The van der Waals surface area contributed by atoms with E-state index in [-0.39, 0.29) is 5.91 Å². The first-order valence-electron chi connectivity index (χ1n) is 5.83. The minimum Gasteiger partial charge on any atom is -0.359 e. The van der Waals surface area contributed by atoms with E-state index in [1.54, 1.807) is 7.05 Å². The van der Waals surface area contributed by atoms with Crippen molar-refractivity contribution in [2.75, 3.05) is 19.3 Å². The van der Waals surface area contributed by atoms with E-state index in [0.29, 0.717) is 12.5 Å². The summed E-state index contributed by atoms with van der Waals surface area (Å²) in [6.07, 6.45) is 4.52. The van der Waals surface area contributed by atoms with Crippen molar-refractivity contribution in [1.29, 1.82) is 0 Å². The molecular formula is C11H22N2OS. The van der Waals surface area contributed by atoms with E-state index in [1.165, 1.54) is 25.0 Å². The van der Waals surface area contributed by atoms with E-state index in [4.69, 9.17) is 0 Å². The summed E-state index contributed by atoms with van der Waals surface area (Å²) in [7, 11) is 1.69. The van der Waals surface area contributed by atoms with Gasteiger partial charge in [-0.15, -0.1) is 0 Å². The molecule has 15 heavy (non-hydrogen) atoms. The molecule has 0 saturated heterocycles. The second-order valence-corrected chi connectivity index (χ2v) is 5.42. The van der Waals surface area contributed by atoms with Gasteiger partial charge < -0.3 is 10.6 Å². The lowest BCUT2D eigenvalue weighted by atomic mass is 10.2. The molecule has 2 atom stereocenters. The van der Waals surface area contributed by atoms with Gasteiger partial charge in [0.05, 0.1) is 0 Å². The normalized spacial score (nSPS) is 25.5. The van der Waals surface area contributed by atoms with E-state index in [0.717, 1.165) is 11.8 Å². The minimum atomic E-state index is 0.125. The summed E-state index contributed by atoms with van der Waals surface area (Å²) in [5.74, 6) is 1.32. The molecule has 2 N–H and O–H groups in total. The molecule has 1 aliphatic rings. The predicted molar refractivity (Wildman–Crippen MR) is 66.2 cm³/mol. The van der Waals surface area contributed by atoms with Crippen molar-refractivity contribution in [2.45, 2.75) is 43.9 Å². The van der Waals surface area contributed by atoms with Crippen LogP contribution in [0.1, 0.15) is 32.6 Å². The van der Waals surface area contributed by atoms with Gasteiger partial charge in [0.25, 0.3) is 0 Å². The molecule has 0 aromatic rings. The minimum absolute atomic E-state index is 0.125. The lowest BCUT2D eigenvalue weighted by Gasteiger charge is -2.19. The Balaban J connectivity index is 2.16. The Kier molecular flexibility index (Phi) is 6.10. The quantitative estimate of drug-likeness (QED) is 0.724. The van der Waals surface area contributed by atoms with Crippen molar-refractivity contribution in [1.82, 2.24) is 10.6 Å². The maximum Gasteiger partial charge on any atom is 0.221 e. The van der Waals surface area contributed by atoms with Crippen LogP contribution in [0.5, 0.6) is 0 Å². The highest BCUT2D eigenvalue weighted by molar-refractivity contribution is 7.99. The number of amides is 1. The maximum atomic E-state index is 11.0. The van der Waals surface area contributed by atoms with E-state index >= 15 is 0 Å². The number of nitrogens with one attached hydrogen (secondary N) is 2. The van der Waals surface area contributed by atoms with Gasteiger partial charge in [-0.3, -0.25) is 4.79 Å². The van der Waals surface area contributed by atoms with Gasteiger partial charge in [0.15, 0.2) is 0 Å². The molecule has 3 nitrogen and oxygen atoms in total. The molecule has 0 aromatic carbocycles. The molecule has 0 spiro atoms. The van der Waals surface area contributed by atoms with Crippen LogP contribution >= 0.6 is 11.8 Å². The summed E-state index contributed by atoms with van der Waals surface area (Å²) >= 11 is 2.05. The molecule has 1 fully saturated rings. The van der Waals surface area contributed by atoms with E-state index in [9.17, 15) is 4.79 Å². The largest absolute Gasteiger partial charge is 0.359 e. The molecule has 1 aliphatic carbocycles. The zero-order valence-electron chi connectivity index (χ0n) is 9.71. The Morgan fingerprint density at radius 2 is 2.27 bits per heavy atom. The fourth-order valence-electron chi connectivity index (χ4n) is 2.07. The highest BCUT2D eigenvalue weighted by Crippen LogP contribution is 2.29. The molecule has 0 aliphatic heterocycles. The SMILES string of the molecule is CCS[C@H]1CCC[C@@H]1NCCC(=O)NC. The monoisotopic (exact) mass is 230 g/mol. The average molecular weight is 230 g/mol. The van der Waals surface area contributed by atoms with Crippen molar-refractivity contribution in [2.24, 2.45) is 0 Å². The van der Waals surface area contributed by atoms with Crippen molar-refractivity contribution >= 4 is 17.7 Å². The van der Waals surface area contributed by atoms with Crippen LogP contribution in [0.15, 0.2) is 0 Å². The van der Waals surface area contributed by atoms with Gasteiger partial charge in [0.2, 0.25) is 5.91 Å². The zero-order chi connectivity index (χ0) is 11.1. The van der Waals surface area contributed by atoms with Gasteiger partial charge >= 0.3 is 0 Å². The fraction of sp³-hybridized carbons (Fsp3) is 0.909. The van der Waals surface area contributed by atoms with Crippen LogP contribution in [0, 0.1) is 0 Å². The van der Waals surface area contributed by atoms with Gasteiger partial charge in [-0.2, -0.15) is 11.8 Å². The Morgan fingerprint density at radius 3 is 2.93 bits per heavy atom. The Morgan fingerprint density at radius 1 is 1.47 bits per heavy atom. The first-order chi connectivity index (χ1) is 7.27. The highest BCUT2D eigenvalue weighted by atomic mass is 32.2. The van der Waals surface area contributed by atoms with Gasteiger partial charge in [-0.25, -0.2) is 0 Å². The summed E-state index contributed by atoms with van der Waals surface area (Å²) in [5, 5.41) is 6.91. The molecule has 0 heterocycles. The average Bonchev–Trinajstić information content (AvgIpc) is 2.66. The smallest absolute Gasteiger partial charge is 0.221 e.